The Labute approximate surface area is 142 Å². The van der Waals surface area contributed by atoms with Gasteiger partial charge in [-0.05, 0) is 18.1 Å². The number of pyridine rings is 1. The Bertz CT molecular complexity index is 761. The lowest BCUT2D eigenvalue weighted by Gasteiger charge is -2.37. The summed E-state index contributed by atoms with van der Waals surface area (Å²) >= 11 is 0. The highest BCUT2D eigenvalue weighted by atomic mass is 16.3. The largest absolute Gasteiger partial charge is 0.503 e. The maximum atomic E-state index is 11.7. The summed E-state index contributed by atoms with van der Waals surface area (Å²) < 4.78 is 1.83. The van der Waals surface area contributed by atoms with Gasteiger partial charge in [0.2, 0.25) is 5.43 Å². The molecule has 1 N–H and O–H groups in total. The molecule has 5 nitrogen and oxygen atoms in total. The van der Waals surface area contributed by atoms with Crippen molar-refractivity contribution in [1.82, 2.24) is 9.47 Å². The molecule has 0 bridgehead atoms. The molecule has 2 aromatic rings. The van der Waals surface area contributed by atoms with Gasteiger partial charge in [0.25, 0.3) is 0 Å². The van der Waals surface area contributed by atoms with E-state index in [9.17, 15) is 9.90 Å². The molecular weight excluding hydrogens is 302 g/mol. The molecule has 0 unspecified atom stereocenters. The lowest BCUT2D eigenvalue weighted by Crippen LogP contribution is -2.46. The van der Waals surface area contributed by atoms with Gasteiger partial charge in [0.05, 0.1) is 0 Å². The van der Waals surface area contributed by atoms with Crippen molar-refractivity contribution in [3.8, 4) is 5.75 Å². The second-order valence-corrected chi connectivity index (χ2v) is 6.37. The van der Waals surface area contributed by atoms with Crippen molar-refractivity contribution in [2.24, 2.45) is 7.05 Å². The number of rotatable bonds is 4. The van der Waals surface area contributed by atoms with Crippen LogP contribution in [0, 0.1) is 0 Å². The summed E-state index contributed by atoms with van der Waals surface area (Å²) in [4.78, 5) is 16.5. The molecule has 0 saturated carbocycles. The second-order valence-electron chi connectivity index (χ2n) is 6.37. The summed E-state index contributed by atoms with van der Waals surface area (Å²) in [5.41, 5.74) is 3.36. The summed E-state index contributed by atoms with van der Waals surface area (Å²) in [6.07, 6.45) is 2.54. The number of hydrogen-bond donors (Lipinski definition) is 1. The molecule has 0 atom stereocenters. The fourth-order valence-electron chi connectivity index (χ4n) is 3.31. The molecule has 0 amide bonds. The summed E-state index contributed by atoms with van der Waals surface area (Å²) in [5, 5.41) is 9.49. The molecule has 0 radical (unpaired) electrons. The van der Waals surface area contributed by atoms with Gasteiger partial charge in [0, 0.05) is 63.4 Å². The highest BCUT2D eigenvalue weighted by molar-refractivity contribution is 5.54. The van der Waals surface area contributed by atoms with Crippen LogP contribution in [0.1, 0.15) is 18.2 Å². The first-order valence-corrected chi connectivity index (χ1v) is 8.52. The zero-order valence-electron chi connectivity index (χ0n) is 14.4. The third kappa shape index (κ3) is 3.46. The van der Waals surface area contributed by atoms with Crippen LogP contribution in [0.4, 0.5) is 5.69 Å². The second kappa shape index (κ2) is 7.09. The van der Waals surface area contributed by atoms with E-state index < -0.39 is 0 Å². The SMILES string of the molecule is CCc1ccccc1N1CCN(Cc2cc(=O)c(O)cn2C)CC1. The molecule has 1 aliphatic heterocycles. The third-order valence-corrected chi connectivity index (χ3v) is 4.79. The van der Waals surface area contributed by atoms with Crippen molar-refractivity contribution in [1.29, 1.82) is 0 Å². The standard InChI is InChI=1S/C19H25N3O2/c1-3-15-6-4-5-7-17(15)22-10-8-21(9-11-22)13-16-12-18(23)19(24)14-20(16)2/h4-7,12,14,24H,3,8-11,13H2,1-2H3. The number of aromatic nitrogens is 1. The highest BCUT2D eigenvalue weighted by Gasteiger charge is 2.19. The quantitative estimate of drug-likeness (QED) is 0.933. The lowest BCUT2D eigenvalue weighted by atomic mass is 10.1. The average Bonchev–Trinajstić information content (AvgIpc) is 2.60. The molecule has 5 heteroatoms. The molecule has 128 valence electrons. The van der Waals surface area contributed by atoms with Gasteiger partial charge in [-0.2, -0.15) is 0 Å². The van der Waals surface area contributed by atoms with Crippen LogP contribution in [0.25, 0.3) is 0 Å². The predicted molar refractivity (Wildman–Crippen MR) is 96.7 cm³/mol. The van der Waals surface area contributed by atoms with Crippen LogP contribution in [0.15, 0.2) is 41.3 Å². The third-order valence-electron chi connectivity index (χ3n) is 4.79. The minimum Gasteiger partial charge on any atom is -0.503 e. The van der Waals surface area contributed by atoms with Crippen LogP contribution in [0.5, 0.6) is 5.75 Å². The molecule has 1 aliphatic rings. The number of anilines is 1. The van der Waals surface area contributed by atoms with Gasteiger partial charge in [-0.25, -0.2) is 0 Å². The Kier molecular flexibility index (Phi) is 4.90. The number of benzene rings is 1. The van der Waals surface area contributed by atoms with Crippen molar-refractivity contribution in [2.75, 3.05) is 31.1 Å². The molecule has 1 fully saturated rings. The Hall–Kier alpha value is -2.27. The van der Waals surface area contributed by atoms with Crippen LogP contribution in [-0.2, 0) is 20.0 Å². The van der Waals surface area contributed by atoms with Gasteiger partial charge < -0.3 is 14.6 Å². The molecule has 3 rings (SSSR count). The molecule has 0 spiro atoms. The van der Waals surface area contributed by atoms with E-state index in [1.165, 1.54) is 23.5 Å². The molecule has 2 heterocycles. The van der Waals surface area contributed by atoms with Crippen LogP contribution < -0.4 is 10.3 Å². The maximum Gasteiger partial charge on any atom is 0.223 e. The van der Waals surface area contributed by atoms with Gasteiger partial charge in [-0.3, -0.25) is 9.69 Å². The number of aromatic hydroxyl groups is 1. The fourth-order valence-corrected chi connectivity index (χ4v) is 3.31. The first-order valence-electron chi connectivity index (χ1n) is 8.52. The molecule has 0 aliphatic carbocycles. The van der Waals surface area contributed by atoms with Gasteiger partial charge in [0.1, 0.15) is 0 Å². The monoisotopic (exact) mass is 327 g/mol. The number of aryl methyl sites for hydroxylation is 2. The van der Waals surface area contributed by atoms with E-state index in [1.54, 1.807) is 0 Å². The molecule has 24 heavy (non-hydrogen) atoms. The lowest BCUT2D eigenvalue weighted by molar-refractivity contribution is 0.244. The van der Waals surface area contributed by atoms with E-state index in [-0.39, 0.29) is 11.2 Å². The van der Waals surface area contributed by atoms with E-state index in [1.807, 2.05) is 11.6 Å². The maximum absolute atomic E-state index is 11.7. The van der Waals surface area contributed by atoms with E-state index in [0.29, 0.717) is 0 Å². The summed E-state index contributed by atoms with van der Waals surface area (Å²) in [5.74, 6) is -0.192. The van der Waals surface area contributed by atoms with E-state index >= 15 is 0 Å². The molecule has 1 aromatic heterocycles. The van der Waals surface area contributed by atoms with Gasteiger partial charge in [-0.1, -0.05) is 25.1 Å². The van der Waals surface area contributed by atoms with Crippen molar-refractivity contribution in [2.45, 2.75) is 19.9 Å². The van der Waals surface area contributed by atoms with Gasteiger partial charge >= 0.3 is 0 Å². The molecule has 1 saturated heterocycles. The highest BCUT2D eigenvalue weighted by Crippen LogP contribution is 2.22. The van der Waals surface area contributed by atoms with E-state index in [0.717, 1.165) is 44.8 Å². The van der Waals surface area contributed by atoms with Crippen molar-refractivity contribution in [3.63, 3.8) is 0 Å². The van der Waals surface area contributed by atoms with Gasteiger partial charge in [0.15, 0.2) is 5.75 Å². The zero-order valence-corrected chi connectivity index (χ0v) is 14.4. The van der Waals surface area contributed by atoms with Crippen molar-refractivity contribution < 1.29 is 5.11 Å². The van der Waals surface area contributed by atoms with E-state index in [4.69, 9.17) is 0 Å². The van der Waals surface area contributed by atoms with Crippen molar-refractivity contribution >= 4 is 5.69 Å². The summed E-state index contributed by atoms with van der Waals surface area (Å²) in [6, 6.07) is 10.1. The Balaban J connectivity index is 1.65. The minimum absolute atomic E-state index is 0.192. The number of hydrogen-bond acceptors (Lipinski definition) is 4. The van der Waals surface area contributed by atoms with Crippen LogP contribution in [0.3, 0.4) is 0 Å². The summed E-state index contributed by atoms with van der Waals surface area (Å²) in [7, 11) is 1.86. The number of nitrogens with zero attached hydrogens (tertiary/aromatic N) is 3. The fraction of sp³-hybridized carbons (Fsp3) is 0.421. The first-order chi connectivity index (χ1) is 11.6. The Morgan fingerprint density at radius 2 is 1.83 bits per heavy atom. The Morgan fingerprint density at radius 1 is 1.12 bits per heavy atom. The van der Waals surface area contributed by atoms with Gasteiger partial charge in [-0.15, -0.1) is 0 Å². The topological polar surface area (TPSA) is 48.7 Å². The number of piperazine rings is 1. The first kappa shape index (κ1) is 16.6. The van der Waals surface area contributed by atoms with Crippen LogP contribution >= 0.6 is 0 Å². The number of para-hydroxylation sites is 1. The smallest absolute Gasteiger partial charge is 0.223 e. The summed E-state index contributed by atoms with van der Waals surface area (Å²) in [6.45, 7) is 6.84. The normalized spacial score (nSPS) is 15.7. The predicted octanol–water partition coefficient (Wildman–Crippen LogP) is 1.98. The van der Waals surface area contributed by atoms with E-state index in [2.05, 4.69) is 41.0 Å². The minimum atomic E-state index is -0.307. The Morgan fingerprint density at radius 3 is 2.54 bits per heavy atom. The molecule has 1 aromatic carbocycles. The van der Waals surface area contributed by atoms with Crippen molar-refractivity contribution in [3.05, 3.63) is 58.0 Å². The van der Waals surface area contributed by atoms with Crippen LogP contribution in [0.2, 0.25) is 0 Å². The zero-order chi connectivity index (χ0) is 17.1. The molecular formula is C19H25N3O2. The average molecular weight is 327 g/mol. The van der Waals surface area contributed by atoms with Crippen LogP contribution in [-0.4, -0.2) is 40.8 Å².